The number of aliphatic imine (C=N–C) groups is 1. The monoisotopic (exact) mass is 628 g/mol. The SMILES string of the molecule is CC=N/C(C)=C(C(=C\CCC)/c1ccc(N)cc1)\C(N)=C(/C)CC.Cc1noc(-c2ccccc2)c1CSCC1CCC(C)O1. The Labute approximate surface area is 275 Å². The van der Waals surface area contributed by atoms with Gasteiger partial charge in [0.2, 0.25) is 0 Å². The molecule has 45 heavy (non-hydrogen) atoms. The lowest BCUT2D eigenvalue weighted by molar-refractivity contribution is 0.0700. The van der Waals surface area contributed by atoms with Gasteiger partial charge in [-0.15, -0.1) is 0 Å². The number of rotatable bonds is 12. The number of nitrogen functional groups attached to an aromatic ring is 1. The maximum atomic E-state index is 6.53. The first-order chi connectivity index (χ1) is 21.7. The van der Waals surface area contributed by atoms with Crippen LogP contribution in [-0.4, -0.2) is 29.3 Å². The van der Waals surface area contributed by atoms with Crippen LogP contribution in [0.5, 0.6) is 0 Å². The summed E-state index contributed by atoms with van der Waals surface area (Å²) in [4.78, 5) is 4.51. The fraction of sp³-hybridized carbons (Fsp3) is 0.421. The summed E-state index contributed by atoms with van der Waals surface area (Å²) in [6, 6.07) is 18.2. The molecule has 1 saturated heterocycles. The number of benzene rings is 2. The van der Waals surface area contributed by atoms with Crippen LogP contribution in [0.15, 0.2) is 92.7 Å². The van der Waals surface area contributed by atoms with Crippen molar-refractivity contribution in [1.82, 2.24) is 5.16 Å². The molecule has 1 aromatic heterocycles. The Bertz CT molecular complexity index is 1470. The van der Waals surface area contributed by atoms with Crippen molar-refractivity contribution < 1.29 is 9.26 Å². The number of aryl methyl sites for hydroxylation is 1. The average Bonchev–Trinajstić information content (AvgIpc) is 3.64. The van der Waals surface area contributed by atoms with Crippen molar-refractivity contribution in [2.75, 3.05) is 11.5 Å². The Morgan fingerprint density at radius 3 is 2.38 bits per heavy atom. The van der Waals surface area contributed by atoms with Gasteiger partial charge in [-0.05, 0) is 89.1 Å². The normalized spacial score (nSPS) is 18.0. The molecule has 4 rings (SSSR count). The third-order valence-electron chi connectivity index (χ3n) is 7.96. The Hall–Kier alpha value is -3.55. The molecule has 1 aliphatic rings. The number of anilines is 1. The summed E-state index contributed by atoms with van der Waals surface area (Å²) in [5, 5.41) is 4.14. The van der Waals surface area contributed by atoms with Crippen LogP contribution in [0.2, 0.25) is 0 Å². The molecule has 0 aliphatic carbocycles. The highest BCUT2D eigenvalue weighted by molar-refractivity contribution is 7.98. The molecule has 0 radical (unpaired) electrons. The number of nitrogens with zero attached hydrogens (tertiary/aromatic N) is 2. The molecule has 2 heterocycles. The summed E-state index contributed by atoms with van der Waals surface area (Å²) < 4.78 is 11.4. The zero-order valence-electron chi connectivity index (χ0n) is 28.2. The number of nitrogens with two attached hydrogens (primary N) is 2. The van der Waals surface area contributed by atoms with Crippen LogP contribution in [0, 0.1) is 6.92 Å². The molecule has 0 saturated carbocycles. The smallest absolute Gasteiger partial charge is 0.171 e. The number of hydrogen-bond acceptors (Lipinski definition) is 7. The molecule has 0 bridgehead atoms. The van der Waals surface area contributed by atoms with Crippen LogP contribution < -0.4 is 11.5 Å². The first kappa shape index (κ1) is 35.9. The lowest BCUT2D eigenvalue weighted by atomic mass is 9.90. The van der Waals surface area contributed by atoms with Gasteiger partial charge in [-0.3, -0.25) is 4.99 Å². The third kappa shape index (κ3) is 10.5. The highest BCUT2D eigenvalue weighted by Crippen LogP contribution is 2.33. The summed E-state index contributed by atoms with van der Waals surface area (Å²) in [7, 11) is 0. The van der Waals surface area contributed by atoms with E-state index >= 15 is 0 Å². The fourth-order valence-electron chi connectivity index (χ4n) is 5.19. The van der Waals surface area contributed by atoms with Gasteiger partial charge in [0.25, 0.3) is 0 Å². The standard InChI is InChI=1S/C21H31N3.C17H21NO2S/c1-6-9-10-19(17-11-13-18(22)14-12-17)20(16(5)24-8-3)21(23)15(4)7-2;1-12-8-9-15(19-12)10-21-11-16-13(2)18-20-17(16)14-6-4-3-5-7-14/h8,10-14H,6-7,9,22-23H2,1-5H3;3-7,12,15H,8-11H2,1-2H3/b19-10-,20-16-,21-15-,24-8?;. The van der Waals surface area contributed by atoms with Crippen molar-refractivity contribution in [3.05, 3.63) is 100 Å². The molecule has 0 amide bonds. The Morgan fingerprint density at radius 2 is 1.78 bits per heavy atom. The zero-order valence-corrected chi connectivity index (χ0v) is 29.0. The molecule has 6 nitrogen and oxygen atoms in total. The summed E-state index contributed by atoms with van der Waals surface area (Å²) in [5.74, 6) is 2.87. The van der Waals surface area contributed by atoms with Gasteiger partial charge in [0.15, 0.2) is 5.76 Å². The van der Waals surface area contributed by atoms with Crippen LogP contribution in [0.3, 0.4) is 0 Å². The number of allylic oxidation sites excluding steroid dienone is 4. The fourth-order valence-corrected chi connectivity index (χ4v) is 6.36. The third-order valence-corrected chi connectivity index (χ3v) is 9.06. The molecule has 1 aliphatic heterocycles. The maximum absolute atomic E-state index is 6.53. The minimum Gasteiger partial charge on any atom is -0.399 e. The van der Waals surface area contributed by atoms with Gasteiger partial charge in [-0.25, -0.2) is 0 Å². The van der Waals surface area contributed by atoms with Crippen molar-refractivity contribution >= 4 is 29.2 Å². The van der Waals surface area contributed by atoms with Gasteiger partial charge in [0.05, 0.1) is 17.9 Å². The average molecular weight is 629 g/mol. The lowest BCUT2D eigenvalue weighted by Gasteiger charge is -2.18. The van der Waals surface area contributed by atoms with Crippen molar-refractivity contribution in [2.45, 2.75) is 98.5 Å². The number of hydrogen-bond donors (Lipinski definition) is 2. The van der Waals surface area contributed by atoms with Crippen molar-refractivity contribution in [3.8, 4) is 11.3 Å². The molecular weight excluding hydrogens is 577 g/mol. The van der Waals surface area contributed by atoms with Gasteiger partial charge in [-0.2, -0.15) is 11.8 Å². The van der Waals surface area contributed by atoms with E-state index in [2.05, 4.69) is 56.1 Å². The largest absolute Gasteiger partial charge is 0.399 e. The van der Waals surface area contributed by atoms with Crippen LogP contribution in [-0.2, 0) is 10.5 Å². The van der Waals surface area contributed by atoms with Gasteiger partial charge in [0, 0.05) is 51.5 Å². The minimum absolute atomic E-state index is 0.408. The van der Waals surface area contributed by atoms with Gasteiger partial charge >= 0.3 is 0 Å². The van der Waals surface area contributed by atoms with Gasteiger partial charge in [0.1, 0.15) is 0 Å². The summed E-state index contributed by atoms with van der Waals surface area (Å²) in [6.07, 6.45) is 10.3. The van der Waals surface area contributed by atoms with Crippen LogP contribution in [0.4, 0.5) is 5.69 Å². The molecule has 1 fully saturated rings. The predicted octanol–water partition coefficient (Wildman–Crippen LogP) is 9.91. The first-order valence-corrected chi connectivity index (χ1v) is 17.3. The molecule has 7 heteroatoms. The molecule has 2 aromatic carbocycles. The van der Waals surface area contributed by atoms with E-state index < -0.39 is 0 Å². The highest BCUT2D eigenvalue weighted by atomic mass is 32.2. The summed E-state index contributed by atoms with van der Waals surface area (Å²) in [6.45, 7) is 14.5. The van der Waals surface area contributed by atoms with Crippen molar-refractivity contribution in [3.63, 3.8) is 0 Å². The number of aromatic nitrogens is 1. The van der Waals surface area contributed by atoms with E-state index in [1.165, 1.54) is 24.0 Å². The second-order valence-corrected chi connectivity index (χ2v) is 12.6. The van der Waals surface area contributed by atoms with Gasteiger partial charge in [-0.1, -0.05) is 74.0 Å². The summed E-state index contributed by atoms with van der Waals surface area (Å²) >= 11 is 1.91. The van der Waals surface area contributed by atoms with Crippen molar-refractivity contribution in [2.24, 2.45) is 10.7 Å². The zero-order chi connectivity index (χ0) is 32.8. The highest BCUT2D eigenvalue weighted by Gasteiger charge is 2.22. The van der Waals surface area contributed by atoms with E-state index in [1.807, 2.05) is 81.2 Å². The van der Waals surface area contributed by atoms with E-state index in [4.69, 9.17) is 20.7 Å². The molecule has 2 unspecified atom stereocenters. The molecule has 4 N–H and O–H groups in total. The Balaban J connectivity index is 0.000000247. The lowest BCUT2D eigenvalue weighted by Crippen LogP contribution is -2.11. The van der Waals surface area contributed by atoms with Gasteiger partial charge < -0.3 is 20.7 Å². The minimum atomic E-state index is 0.408. The molecule has 242 valence electrons. The van der Waals surface area contributed by atoms with Crippen LogP contribution in [0.1, 0.15) is 90.5 Å². The van der Waals surface area contributed by atoms with E-state index in [9.17, 15) is 0 Å². The second-order valence-electron chi connectivity index (χ2n) is 11.5. The quantitative estimate of drug-likeness (QED) is 0.118. The maximum Gasteiger partial charge on any atom is 0.171 e. The van der Waals surface area contributed by atoms with Crippen LogP contribution in [0.25, 0.3) is 16.9 Å². The molecule has 3 aromatic rings. The molecular formula is C38H52N4O2S. The second kappa shape index (κ2) is 18.4. The summed E-state index contributed by atoms with van der Waals surface area (Å²) in [5.41, 5.74) is 22.6. The Morgan fingerprint density at radius 1 is 1.07 bits per heavy atom. The van der Waals surface area contributed by atoms with E-state index in [0.717, 1.165) is 81.6 Å². The topological polar surface area (TPSA) is 99.7 Å². The molecule has 2 atom stereocenters. The number of ether oxygens (including phenoxy) is 1. The van der Waals surface area contributed by atoms with E-state index in [-0.39, 0.29) is 0 Å². The molecule has 0 spiro atoms. The number of thioether (sulfide) groups is 1. The van der Waals surface area contributed by atoms with E-state index in [0.29, 0.717) is 12.2 Å². The van der Waals surface area contributed by atoms with Crippen LogP contribution >= 0.6 is 11.8 Å². The Kier molecular flexibility index (Phi) is 14.7. The van der Waals surface area contributed by atoms with E-state index in [1.54, 1.807) is 0 Å². The predicted molar refractivity (Wildman–Crippen MR) is 194 cm³/mol. The van der Waals surface area contributed by atoms with Crippen molar-refractivity contribution in [1.29, 1.82) is 0 Å². The first-order valence-electron chi connectivity index (χ1n) is 16.1. The number of unbranched alkanes of at least 4 members (excludes halogenated alkanes) is 1.